The topological polar surface area (TPSA) is 56.1 Å². The van der Waals surface area contributed by atoms with Crippen LogP contribution in [-0.2, 0) is 4.79 Å². The van der Waals surface area contributed by atoms with Crippen LogP contribution in [0.2, 0.25) is 0 Å². The number of para-hydroxylation sites is 1. The molecule has 0 radical (unpaired) electrons. The Balaban J connectivity index is 2.02. The van der Waals surface area contributed by atoms with Crippen LogP contribution in [-0.4, -0.2) is 28.9 Å². The molecule has 1 N–H and O–H groups in total. The van der Waals surface area contributed by atoms with Crippen molar-refractivity contribution in [3.8, 4) is 6.07 Å². The molecule has 20 heavy (non-hydrogen) atoms. The molecule has 1 aromatic carbocycles. The number of thiocarbonyl (C=S) groups is 1. The molecule has 1 aliphatic heterocycles. The van der Waals surface area contributed by atoms with Gasteiger partial charge in [-0.2, -0.15) is 5.26 Å². The van der Waals surface area contributed by atoms with Crippen molar-refractivity contribution in [2.24, 2.45) is 5.92 Å². The van der Waals surface area contributed by atoms with Crippen LogP contribution in [0.25, 0.3) is 0 Å². The third-order valence-electron chi connectivity index (χ3n) is 3.35. The second kappa shape index (κ2) is 7.01. The lowest BCUT2D eigenvalue weighted by Gasteiger charge is -2.28. The Morgan fingerprint density at radius 2 is 1.90 bits per heavy atom. The molecule has 1 atom stereocenters. The van der Waals surface area contributed by atoms with Gasteiger partial charge in [0.25, 0.3) is 0 Å². The maximum absolute atomic E-state index is 12.3. The Kier molecular flexibility index (Phi) is 5.08. The first-order valence-corrected chi connectivity index (χ1v) is 7.17. The lowest BCUT2D eigenvalue weighted by atomic mass is 10.1. The number of nitrogens with zero attached hydrogens (tertiary/aromatic N) is 2. The first kappa shape index (κ1) is 14.5. The summed E-state index contributed by atoms with van der Waals surface area (Å²) in [4.78, 5) is 14.4. The van der Waals surface area contributed by atoms with Crippen LogP contribution >= 0.6 is 12.2 Å². The number of nitriles is 1. The van der Waals surface area contributed by atoms with Crippen LogP contribution in [0.3, 0.4) is 0 Å². The molecule has 1 aromatic rings. The summed E-state index contributed by atoms with van der Waals surface area (Å²) in [7, 11) is 0. The van der Waals surface area contributed by atoms with Gasteiger partial charge in [-0.15, -0.1) is 0 Å². The number of carbonyl (C=O) groups excluding carboxylic acids is 1. The van der Waals surface area contributed by atoms with Crippen LogP contribution in [0.4, 0.5) is 5.69 Å². The van der Waals surface area contributed by atoms with Crippen LogP contribution in [0, 0.1) is 17.2 Å². The predicted molar refractivity (Wildman–Crippen MR) is 82.2 cm³/mol. The molecule has 0 bridgehead atoms. The van der Waals surface area contributed by atoms with E-state index in [9.17, 15) is 10.1 Å². The van der Waals surface area contributed by atoms with Crippen molar-refractivity contribution in [2.45, 2.75) is 19.3 Å². The molecule has 0 aliphatic carbocycles. The summed E-state index contributed by atoms with van der Waals surface area (Å²) in [6.45, 7) is 1.45. The number of piperidine rings is 1. The molecule has 1 aliphatic rings. The molecule has 0 aromatic heterocycles. The number of amides is 1. The maximum Gasteiger partial charge on any atom is 0.246 e. The van der Waals surface area contributed by atoms with Crippen molar-refractivity contribution in [3.05, 3.63) is 30.3 Å². The molecule has 0 unspecified atom stereocenters. The average molecular weight is 287 g/mol. The summed E-state index contributed by atoms with van der Waals surface area (Å²) < 4.78 is 0. The van der Waals surface area contributed by atoms with Crippen molar-refractivity contribution >= 4 is 28.8 Å². The highest BCUT2D eigenvalue weighted by Crippen LogP contribution is 2.15. The largest absolute Gasteiger partial charge is 0.348 e. The second-order valence-corrected chi connectivity index (χ2v) is 5.24. The summed E-state index contributed by atoms with van der Waals surface area (Å²) in [5.74, 6) is -1.08. The van der Waals surface area contributed by atoms with E-state index in [0.29, 0.717) is 0 Å². The van der Waals surface area contributed by atoms with Crippen molar-refractivity contribution in [3.63, 3.8) is 0 Å². The Morgan fingerprint density at radius 3 is 2.50 bits per heavy atom. The van der Waals surface area contributed by atoms with Gasteiger partial charge < -0.3 is 10.2 Å². The van der Waals surface area contributed by atoms with Gasteiger partial charge in [0.1, 0.15) is 4.99 Å². The zero-order chi connectivity index (χ0) is 14.4. The normalized spacial score (nSPS) is 16.1. The van der Waals surface area contributed by atoms with E-state index in [1.54, 1.807) is 4.90 Å². The quantitative estimate of drug-likeness (QED) is 0.868. The van der Waals surface area contributed by atoms with Crippen LogP contribution in [0.1, 0.15) is 19.3 Å². The summed E-state index contributed by atoms with van der Waals surface area (Å²) >= 11 is 5.22. The highest BCUT2D eigenvalue weighted by Gasteiger charge is 2.28. The van der Waals surface area contributed by atoms with E-state index in [-0.39, 0.29) is 10.9 Å². The SMILES string of the molecule is N#C[C@@H](C(=O)N1CCCCC1)C(=S)Nc1ccccc1. The van der Waals surface area contributed by atoms with Gasteiger partial charge in [-0.05, 0) is 31.4 Å². The number of hydrogen-bond acceptors (Lipinski definition) is 3. The number of nitrogens with one attached hydrogen (secondary N) is 1. The lowest BCUT2D eigenvalue weighted by Crippen LogP contribution is -2.42. The van der Waals surface area contributed by atoms with E-state index in [1.807, 2.05) is 36.4 Å². The van der Waals surface area contributed by atoms with E-state index >= 15 is 0 Å². The number of carbonyl (C=O) groups is 1. The fourth-order valence-corrected chi connectivity index (χ4v) is 2.53. The number of anilines is 1. The van der Waals surface area contributed by atoms with E-state index < -0.39 is 5.92 Å². The first-order valence-electron chi connectivity index (χ1n) is 6.76. The van der Waals surface area contributed by atoms with Crippen molar-refractivity contribution < 1.29 is 4.79 Å². The van der Waals surface area contributed by atoms with Gasteiger partial charge in [0, 0.05) is 18.8 Å². The smallest absolute Gasteiger partial charge is 0.246 e. The molecular weight excluding hydrogens is 270 g/mol. The maximum atomic E-state index is 12.3. The highest BCUT2D eigenvalue weighted by molar-refractivity contribution is 7.80. The van der Waals surface area contributed by atoms with Gasteiger partial charge in [0.05, 0.1) is 6.07 Å². The molecule has 0 saturated carbocycles. The van der Waals surface area contributed by atoms with E-state index in [1.165, 1.54) is 0 Å². The monoisotopic (exact) mass is 287 g/mol. The number of likely N-dealkylation sites (tertiary alicyclic amines) is 1. The van der Waals surface area contributed by atoms with Crippen molar-refractivity contribution in [1.29, 1.82) is 5.26 Å². The standard InChI is InChI=1S/C15H17N3OS/c16-11-13(15(19)18-9-5-2-6-10-18)14(20)17-12-7-3-1-4-8-12/h1,3-4,7-8,13H,2,5-6,9-10H2,(H,17,20)/t13-/m1/s1. The van der Waals surface area contributed by atoms with Crippen LogP contribution < -0.4 is 5.32 Å². The number of hydrogen-bond donors (Lipinski definition) is 1. The zero-order valence-electron chi connectivity index (χ0n) is 11.2. The fourth-order valence-electron chi connectivity index (χ4n) is 2.26. The summed E-state index contributed by atoms with van der Waals surface area (Å²) in [5.41, 5.74) is 0.796. The Hall–Kier alpha value is -1.93. The molecule has 4 nitrogen and oxygen atoms in total. The van der Waals surface area contributed by atoms with Gasteiger partial charge >= 0.3 is 0 Å². The minimum absolute atomic E-state index is 0.180. The van der Waals surface area contributed by atoms with Gasteiger partial charge in [-0.25, -0.2) is 0 Å². The average Bonchev–Trinajstić information content (AvgIpc) is 2.49. The first-order chi connectivity index (χ1) is 9.72. The molecule has 0 spiro atoms. The van der Waals surface area contributed by atoms with Gasteiger partial charge in [0.2, 0.25) is 5.91 Å². The van der Waals surface area contributed by atoms with Gasteiger partial charge in [0.15, 0.2) is 5.92 Å². The molecule has 1 heterocycles. The summed E-state index contributed by atoms with van der Waals surface area (Å²) in [6.07, 6.45) is 3.15. The second-order valence-electron chi connectivity index (χ2n) is 4.80. The van der Waals surface area contributed by atoms with Gasteiger partial charge in [-0.1, -0.05) is 30.4 Å². The fraction of sp³-hybridized carbons (Fsp3) is 0.400. The molecule has 2 rings (SSSR count). The molecule has 5 heteroatoms. The minimum Gasteiger partial charge on any atom is -0.348 e. The lowest BCUT2D eigenvalue weighted by molar-refractivity contribution is -0.132. The zero-order valence-corrected chi connectivity index (χ0v) is 12.0. The molecular formula is C15H17N3OS. The minimum atomic E-state index is -0.900. The summed E-state index contributed by atoms with van der Waals surface area (Å²) in [6, 6.07) is 11.4. The van der Waals surface area contributed by atoms with Gasteiger partial charge in [-0.3, -0.25) is 4.79 Å². The molecule has 1 fully saturated rings. The Morgan fingerprint density at radius 1 is 1.25 bits per heavy atom. The third-order valence-corrected chi connectivity index (χ3v) is 3.69. The van der Waals surface area contributed by atoms with Crippen LogP contribution in [0.5, 0.6) is 0 Å². The number of benzene rings is 1. The predicted octanol–water partition coefficient (Wildman–Crippen LogP) is 2.58. The number of rotatable bonds is 3. The van der Waals surface area contributed by atoms with Crippen LogP contribution in [0.15, 0.2) is 30.3 Å². The van der Waals surface area contributed by atoms with E-state index in [2.05, 4.69) is 5.32 Å². The molecule has 104 valence electrons. The van der Waals surface area contributed by atoms with E-state index in [0.717, 1.165) is 38.0 Å². The highest BCUT2D eigenvalue weighted by atomic mass is 32.1. The summed E-state index contributed by atoms with van der Waals surface area (Å²) in [5, 5.41) is 12.2. The Labute approximate surface area is 124 Å². The van der Waals surface area contributed by atoms with Crippen molar-refractivity contribution in [1.82, 2.24) is 4.90 Å². The molecule has 1 saturated heterocycles. The Bertz CT molecular complexity index is 518. The van der Waals surface area contributed by atoms with Crippen molar-refractivity contribution in [2.75, 3.05) is 18.4 Å². The molecule has 1 amide bonds. The third kappa shape index (κ3) is 3.55. The van der Waals surface area contributed by atoms with E-state index in [4.69, 9.17) is 12.2 Å².